The van der Waals surface area contributed by atoms with Gasteiger partial charge in [-0.3, -0.25) is 0 Å². The van der Waals surface area contributed by atoms with Crippen LogP contribution in [0.4, 0.5) is 0 Å². The summed E-state index contributed by atoms with van der Waals surface area (Å²) in [7, 11) is 1.37. The molecule has 3 nitrogen and oxygen atoms in total. The van der Waals surface area contributed by atoms with Gasteiger partial charge < -0.3 is 9.72 Å². The van der Waals surface area contributed by atoms with Gasteiger partial charge in [0.1, 0.15) is 0 Å². The van der Waals surface area contributed by atoms with Gasteiger partial charge >= 0.3 is 5.97 Å². The standard InChI is InChI=1S/C13H12ClNO2/c1-17-13(16)9-4-5-11-10(3-2-6-14)8-15-12(11)7-9/h2-5,7-8,15H,6H2,1H3. The number of carbonyl (C=O) groups is 1. The zero-order valence-electron chi connectivity index (χ0n) is 9.37. The predicted octanol–water partition coefficient (Wildman–Crippen LogP) is 3.21. The summed E-state index contributed by atoms with van der Waals surface area (Å²) in [5, 5.41) is 1.05. The maximum atomic E-state index is 11.4. The summed E-state index contributed by atoms with van der Waals surface area (Å²) in [4.78, 5) is 14.5. The molecule has 0 atom stereocenters. The van der Waals surface area contributed by atoms with Gasteiger partial charge in [0.25, 0.3) is 0 Å². The molecule has 17 heavy (non-hydrogen) atoms. The minimum atomic E-state index is -0.334. The fourth-order valence-electron chi connectivity index (χ4n) is 1.70. The highest BCUT2D eigenvalue weighted by Crippen LogP contribution is 2.21. The normalized spacial score (nSPS) is 11.2. The number of rotatable bonds is 3. The van der Waals surface area contributed by atoms with Crippen molar-refractivity contribution in [3.63, 3.8) is 0 Å². The Balaban J connectivity index is 2.44. The number of hydrogen-bond acceptors (Lipinski definition) is 2. The summed E-state index contributed by atoms with van der Waals surface area (Å²) < 4.78 is 4.67. The van der Waals surface area contributed by atoms with Crippen LogP contribution in [0.2, 0.25) is 0 Å². The number of aromatic nitrogens is 1. The Hall–Kier alpha value is -1.74. The van der Waals surface area contributed by atoms with E-state index in [0.717, 1.165) is 16.5 Å². The maximum Gasteiger partial charge on any atom is 0.337 e. The maximum absolute atomic E-state index is 11.4. The molecular weight excluding hydrogens is 238 g/mol. The van der Waals surface area contributed by atoms with Gasteiger partial charge in [-0.25, -0.2) is 4.79 Å². The molecule has 0 aliphatic carbocycles. The number of hydrogen-bond donors (Lipinski definition) is 1. The lowest BCUT2D eigenvalue weighted by Crippen LogP contribution is -2.00. The van der Waals surface area contributed by atoms with Gasteiger partial charge in [-0.2, -0.15) is 0 Å². The number of fused-ring (bicyclic) bond motifs is 1. The van der Waals surface area contributed by atoms with Crippen LogP contribution >= 0.6 is 11.6 Å². The summed E-state index contributed by atoms with van der Waals surface area (Å²) in [5.41, 5.74) is 2.49. The number of alkyl halides is 1. The lowest BCUT2D eigenvalue weighted by atomic mass is 10.1. The number of carbonyl (C=O) groups excluding carboxylic acids is 1. The molecule has 0 saturated carbocycles. The van der Waals surface area contributed by atoms with Gasteiger partial charge in [0.2, 0.25) is 0 Å². The van der Waals surface area contributed by atoms with E-state index in [4.69, 9.17) is 11.6 Å². The minimum absolute atomic E-state index is 0.334. The average Bonchev–Trinajstić information content (AvgIpc) is 2.77. The third-order valence-electron chi connectivity index (χ3n) is 2.52. The first kappa shape index (κ1) is 11.7. The Bertz CT molecular complexity index is 572. The van der Waals surface area contributed by atoms with E-state index in [9.17, 15) is 4.79 Å². The number of nitrogens with one attached hydrogen (secondary N) is 1. The Labute approximate surface area is 104 Å². The van der Waals surface area contributed by atoms with Crippen molar-refractivity contribution in [3.8, 4) is 0 Å². The van der Waals surface area contributed by atoms with Crippen LogP contribution in [0.3, 0.4) is 0 Å². The topological polar surface area (TPSA) is 42.1 Å². The fourth-order valence-corrected chi connectivity index (χ4v) is 1.79. The van der Waals surface area contributed by atoms with Gasteiger partial charge in [-0.1, -0.05) is 18.2 Å². The number of H-pyrrole nitrogens is 1. The number of methoxy groups -OCH3 is 1. The molecular formula is C13H12ClNO2. The third kappa shape index (κ3) is 2.34. The molecule has 0 bridgehead atoms. The van der Waals surface area contributed by atoms with Crippen LogP contribution < -0.4 is 0 Å². The number of allylic oxidation sites excluding steroid dienone is 1. The third-order valence-corrected chi connectivity index (χ3v) is 2.70. The molecule has 1 aromatic carbocycles. The van der Waals surface area contributed by atoms with E-state index in [1.54, 1.807) is 12.1 Å². The van der Waals surface area contributed by atoms with E-state index in [0.29, 0.717) is 11.4 Å². The van der Waals surface area contributed by atoms with Crippen LogP contribution in [0.1, 0.15) is 15.9 Å². The Morgan fingerprint density at radius 1 is 1.53 bits per heavy atom. The van der Waals surface area contributed by atoms with E-state index in [2.05, 4.69) is 9.72 Å². The first-order chi connectivity index (χ1) is 8.26. The molecule has 0 saturated heterocycles. The van der Waals surface area contributed by atoms with Gasteiger partial charge in [0, 0.05) is 23.0 Å². The number of benzene rings is 1. The molecule has 1 aromatic heterocycles. The predicted molar refractivity (Wildman–Crippen MR) is 69.4 cm³/mol. The molecule has 2 rings (SSSR count). The summed E-state index contributed by atoms with van der Waals surface area (Å²) in [6.45, 7) is 0. The molecule has 0 aliphatic rings. The molecule has 0 unspecified atom stereocenters. The second-order valence-corrected chi connectivity index (χ2v) is 3.86. The summed E-state index contributed by atoms with van der Waals surface area (Å²) in [6.07, 6.45) is 5.71. The van der Waals surface area contributed by atoms with Gasteiger partial charge in [-0.05, 0) is 17.7 Å². The fraction of sp³-hybridized carbons (Fsp3) is 0.154. The van der Waals surface area contributed by atoms with E-state index in [1.165, 1.54) is 7.11 Å². The van der Waals surface area contributed by atoms with E-state index in [1.807, 2.05) is 24.4 Å². The number of halogens is 1. The SMILES string of the molecule is COC(=O)c1ccc2c(C=CCCl)c[nH]c2c1. The van der Waals surface area contributed by atoms with E-state index >= 15 is 0 Å². The van der Waals surface area contributed by atoms with Crippen molar-refractivity contribution in [1.82, 2.24) is 4.98 Å². The van der Waals surface area contributed by atoms with Gasteiger partial charge in [-0.15, -0.1) is 11.6 Å². The molecule has 1 heterocycles. The van der Waals surface area contributed by atoms with Crippen molar-refractivity contribution in [2.75, 3.05) is 13.0 Å². The van der Waals surface area contributed by atoms with Gasteiger partial charge in [0.15, 0.2) is 0 Å². The lowest BCUT2D eigenvalue weighted by molar-refractivity contribution is 0.0601. The zero-order chi connectivity index (χ0) is 12.3. The highest BCUT2D eigenvalue weighted by atomic mass is 35.5. The van der Waals surface area contributed by atoms with Crippen LogP contribution in [0.25, 0.3) is 17.0 Å². The Morgan fingerprint density at radius 2 is 2.35 bits per heavy atom. The van der Waals surface area contributed by atoms with Crippen molar-refractivity contribution >= 4 is 34.5 Å². The molecule has 1 N–H and O–H groups in total. The smallest absolute Gasteiger partial charge is 0.337 e. The van der Waals surface area contributed by atoms with Crippen LogP contribution in [-0.4, -0.2) is 23.9 Å². The monoisotopic (exact) mass is 249 g/mol. The average molecular weight is 250 g/mol. The molecule has 0 spiro atoms. The van der Waals surface area contributed by atoms with Crippen molar-refractivity contribution in [1.29, 1.82) is 0 Å². The van der Waals surface area contributed by atoms with E-state index < -0.39 is 0 Å². The summed E-state index contributed by atoms with van der Waals surface area (Å²) >= 11 is 5.60. The molecule has 88 valence electrons. The van der Waals surface area contributed by atoms with Crippen LogP contribution in [-0.2, 0) is 4.74 Å². The summed E-state index contributed by atoms with van der Waals surface area (Å²) in [6, 6.07) is 5.42. The molecule has 0 amide bonds. The van der Waals surface area contributed by atoms with Crippen molar-refractivity contribution in [2.24, 2.45) is 0 Å². The molecule has 4 heteroatoms. The molecule has 0 fully saturated rings. The van der Waals surface area contributed by atoms with Crippen LogP contribution in [0, 0.1) is 0 Å². The summed E-state index contributed by atoms with van der Waals surface area (Å²) in [5.74, 6) is 0.145. The first-order valence-corrected chi connectivity index (χ1v) is 5.71. The largest absolute Gasteiger partial charge is 0.465 e. The minimum Gasteiger partial charge on any atom is -0.465 e. The number of ether oxygens (including phenoxy) is 1. The molecule has 0 aliphatic heterocycles. The molecule has 0 radical (unpaired) electrons. The number of aromatic amines is 1. The second kappa shape index (κ2) is 5.06. The Kier molecular flexibility index (Phi) is 3.49. The van der Waals surface area contributed by atoms with E-state index in [-0.39, 0.29) is 5.97 Å². The van der Waals surface area contributed by atoms with Gasteiger partial charge in [0.05, 0.1) is 12.7 Å². The highest BCUT2D eigenvalue weighted by Gasteiger charge is 2.07. The number of esters is 1. The Morgan fingerprint density at radius 3 is 3.06 bits per heavy atom. The van der Waals surface area contributed by atoms with Crippen LogP contribution in [0.5, 0.6) is 0 Å². The zero-order valence-corrected chi connectivity index (χ0v) is 10.1. The first-order valence-electron chi connectivity index (χ1n) is 5.18. The quantitative estimate of drug-likeness (QED) is 0.670. The van der Waals surface area contributed by atoms with Crippen molar-refractivity contribution in [2.45, 2.75) is 0 Å². The molecule has 2 aromatic rings. The van der Waals surface area contributed by atoms with Crippen LogP contribution in [0.15, 0.2) is 30.5 Å². The van der Waals surface area contributed by atoms with Crippen molar-refractivity contribution in [3.05, 3.63) is 41.6 Å². The second-order valence-electron chi connectivity index (χ2n) is 3.55. The van der Waals surface area contributed by atoms with Crippen molar-refractivity contribution < 1.29 is 9.53 Å². The lowest BCUT2D eigenvalue weighted by Gasteiger charge is -1.99. The highest BCUT2D eigenvalue weighted by molar-refractivity contribution is 6.19.